The second-order valence-electron chi connectivity index (χ2n) is 8.89. The van der Waals surface area contributed by atoms with Gasteiger partial charge in [0.1, 0.15) is 11.5 Å². The summed E-state index contributed by atoms with van der Waals surface area (Å²) in [5, 5.41) is 0. The SMILES string of the molecule is COc1ccc(C(=O)N2C[C@@H]3C[C@H](C2)c2c(-c4ccc(OC(F)(F)F)cc4)ccc(=O)n2C3)cc1. The Morgan fingerprint density at radius 2 is 1.60 bits per heavy atom. The molecule has 35 heavy (non-hydrogen) atoms. The van der Waals surface area contributed by atoms with Crippen LogP contribution in [0.3, 0.4) is 0 Å². The van der Waals surface area contributed by atoms with E-state index in [0.29, 0.717) is 36.5 Å². The van der Waals surface area contributed by atoms with Crippen LogP contribution in [-0.4, -0.2) is 41.9 Å². The first-order valence-electron chi connectivity index (χ1n) is 11.2. The molecule has 0 aliphatic carbocycles. The van der Waals surface area contributed by atoms with Gasteiger partial charge < -0.3 is 18.9 Å². The van der Waals surface area contributed by atoms with E-state index in [1.165, 1.54) is 18.2 Å². The van der Waals surface area contributed by atoms with E-state index < -0.39 is 6.36 Å². The normalized spacial score (nSPS) is 19.1. The molecule has 2 aromatic carbocycles. The molecule has 1 amide bonds. The monoisotopic (exact) mass is 484 g/mol. The molecular formula is C26H23F3N2O4. The smallest absolute Gasteiger partial charge is 0.497 e. The van der Waals surface area contributed by atoms with Gasteiger partial charge in [0.15, 0.2) is 0 Å². The molecule has 0 radical (unpaired) electrons. The third-order valence-corrected chi connectivity index (χ3v) is 6.61. The lowest BCUT2D eigenvalue weighted by atomic mass is 9.80. The predicted octanol–water partition coefficient (Wildman–Crippen LogP) is 4.68. The number of aromatic nitrogens is 1. The number of likely N-dealkylation sites (tertiary alicyclic amines) is 1. The van der Waals surface area contributed by atoms with E-state index in [0.717, 1.165) is 17.7 Å². The molecule has 0 spiro atoms. The van der Waals surface area contributed by atoms with Gasteiger partial charge >= 0.3 is 6.36 Å². The standard InChI is InChI=1S/C26H23F3N2O4/c1-34-20-6-4-18(5-7-20)25(33)30-13-16-12-19(15-30)24-22(10-11-23(32)31(24)14-16)17-2-8-21(9-3-17)35-26(27,28)29/h2-11,16,19H,12-15H2,1H3/t16-,19+/m0/s1. The Kier molecular flexibility index (Phi) is 5.78. The van der Waals surface area contributed by atoms with Crippen molar-refractivity contribution in [3.63, 3.8) is 0 Å². The molecule has 0 saturated carbocycles. The predicted molar refractivity (Wildman–Crippen MR) is 123 cm³/mol. The van der Waals surface area contributed by atoms with Gasteiger partial charge in [0.25, 0.3) is 11.5 Å². The molecule has 1 fully saturated rings. The zero-order valence-electron chi connectivity index (χ0n) is 18.9. The molecule has 9 heteroatoms. The van der Waals surface area contributed by atoms with Crippen molar-refractivity contribution in [2.24, 2.45) is 5.92 Å². The van der Waals surface area contributed by atoms with E-state index in [9.17, 15) is 22.8 Å². The Bertz CT molecular complexity index is 1300. The Morgan fingerprint density at radius 3 is 2.26 bits per heavy atom. The number of fused-ring (bicyclic) bond motifs is 4. The molecule has 3 heterocycles. The molecule has 1 aromatic heterocycles. The summed E-state index contributed by atoms with van der Waals surface area (Å²) in [6.45, 7) is 1.49. The fourth-order valence-corrected chi connectivity index (χ4v) is 5.18. The highest BCUT2D eigenvalue weighted by Crippen LogP contribution is 2.40. The summed E-state index contributed by atoms with van der Waals surface area (Å²) in [5.41, 5.74) is 2.71. The first kappa shape index (κ1) is 23.0. The summed E-state index contributed by atoms with van der Waals surface area (Å²) in [6, 6.07) is 15.8. The van der Waals surface area contributed by atoms with Crippen molar-refractivity contribution in [2.75, 3.05) is 20.2 Å². The number of alkyl halides is 3. The number of amides is 1. The summed E-state index contributed by atoms with van der Waals surface area (Å²) in [4.78, 5) is 27.8. The van der Waals surface area contributed by atoms with Crippen molar-refractivity contribution in [3.05, 3.63) is 82.3 Å². The van der Waals surface area contributed by atoms with E-state index in [4.69, 9.17) is 4.74 Å². The Labute approximate surface area is 199 Å². The van der Waals surface area contributed by atoms with Crippen LogP contribution in [0, 0.1) is 5.92 Å². The van der Waals surface area contributed by atoms with Crippen molar-refractivity contribution in [1.29, 1.82) is 0 Å². The lowest BCUT2D eigenvalue weighted by Crippen LogP contribution is -2.49. The highest BCUT2D eigenvalue weighted by molar-refractivity contribution is 5.94. The van der Waals surface area contributed by atoms with Crippen molar-refractivity contribution in [3.8, 4) is 22.6 Å². The van der Waals surface area contributed by atoms with Gasteiger partial charge in [0.05, 0.1) is 7.11 Å². The van der Waals surface area contributed by atoms with Crippen LogP contribution >= 0.6 is 0 Å². The summed E-state index contributed by atoms with van der Waals surface area (Å²) in [6.07, 6.45) is -3.93. The Morgan fingerprint density at radius 1 is 0.914 bits per heavy atom. The van der Waals surface area contributed by atoms with Gasteiger partial charge in [-0.25, -0.2) is 0 Å². The van der Waals surface area contributed by atoms with Gasteiger partial charge in [-0.15, -0.1) is 13.2 Å². The summed E-state index contributed by atoms with van der Waals surface area (Å²) < 4.78 is 48.5. The fraction of sp³-hybridized carbons (Fsp3) is 0.308. The highest BCUT2D eigenvalue weighted by atomic mass is 19.4. The first-order chi connectivity index (χ1) is 16.7. The lowest BCUT2D eigenvalue weighted by molar-refractivity contribution is -0.274. The summed E-state index contributed by atoms with van der Waals surface area (Å²) in [7, 11) is 1.57. The third kappa shape index (κ3) is 4.62. The van der Waals surface area contributed by atoms with Crippen LogP contribution in [0.1, 0.15) is 28.4 Å². The van der Waals surface area contributed by atoms with Crippen LogP contribution in [-0.2, 0) is 6.54 Å². The minimum absolute atomic E-state index is 0.0697. The number of ether oxygens (including phenoxy) is 2. The van der Waals surface area contributed by atoms with Gasteiger partial charge in [-0.1, -0.05) is 12.1 Å². The van der Waals surface area contributed by atoms with E-state index in [1.54, 1.807) is 54.1 Å². The van der Waals surface area contributed by atoms with Crippen molar-refractivity contribution < 1.29 is 27.4 Å². The second kappa shape index (κ2) is 8.79. The topological polar surface area (TPSA) is 60.8 Å². The summed E-state index contributed by atoms with van der Waals surface area (Å²) in [5.74, 6) is 0.349. The number of carbonyl (C=O) groups excluding carboxylic acids is 1. The Balaban J connectivity index is 1.45. The zero-order valence-corrected chi connectivity index (χ0v) is 18.9. The fourth-order valence-electron chi connectivity index (χ4n) is 5.18. The average Bonchev–Trinajstić information content (AvgIpc) is 2.84. The first-order valence-corrected chi connectivity index (χ1v) is 11.2. The third-order valence-electron chi connectivity index (χ3n) is 6.61. The van der Waals surface area contributed by atoms with E-state index in [-0.39, 0.29) is 29.1 Å². The van der Waals surface area contributed by atoms with Crippen LogP contribution in [0.25, 0.3) is 11.1 Å². The number of rotatable bonds is 4. The molecule has 0 N–H and O–H groups in total. The van der Waals surface area contributed by atoms with E-state index in [1.807, 2.05) is 4.90 Å². The van der Waals surface area contributed by atoms with Crippen LogP contribution in [0.15, 0.2) is 65.5 Å². The quantitative estimate of drug-likeness (QED) is 0.540. The largest absolute Gasteiger partial charge is 0.573 e. The van der Waals surface area contributed by atoms with Gasteiger partial charge in [-0.05, 0) is 60.4 Å². The second-order valence-corrected chi connectivity index (χ2v) is 8.89. The summed E-state index contributed by atoms with van der Waals surface area (Å²) >= 11 is 0. The van der Waals surface area contributed by atoms with E-state index in [2.05, 4.69) is 4.74 Å². The maximum atomic E-state index is 13.2. The van der Waals surface area contributed by atoms with Crippen LogP contribution in [0.2, 0.25) is 0 Å². The molecule has 1 saturated heterocycles. The molecule has 2 aliphatic rings. The number of hydrogen-bond acceptors (Lipinski definition) is 4. The molecule has 2 atom stereocenters. The molecule has 5 rings (SSSR count). The maximum Gasteiger partial charge on any atom is 0.573 e. The molecule has 0 unspecified atom stereocenters. The van der Waals surface area contributed by atoms with E-state index >= 15 is 0 Å². The number of nitrogens with zero attached hydrogens (tertiary/aromatic N) is 2. The Hall–Kier alpha value is -3.75. The van der Waals surface area contributed by atoms with Gasteiger partial charge in [-0.2, -0.15) is 0 Å². The van der Waals surface area contributed by atoms with Gasteiger partial charge in [0, 0.05) is 48.4 Å². The molecule has 2 aliphatic heterocycles. The number of carbonyl (C=O) groups is 1. The van der Waals surface area contributed by atoms with Crippen LogP contribution < -0.4 is 15.0 Å². The van der Waals surface area contributed by atoms with Crippen molar-refractivity contribution >= 4 is 5.91 Å². The lowest BCUT2D eigenvalue weighted by Gasteiger charge is -2.43. The van der Waals surface area contributed by atoms with Gasteiger partial charge in [0.2, 0.25) is 0 Å². The number of hydrogen-bond donors (Lipinski definition) is 0. The van der Waals surface area contributed by atoms with Gasteiger partial charge in [-0.3, -0.25) is 9.59 Å². The number of pyridine rings is 1. The minimum atomic E-state index is -4.77. The highest BCUT2D eigenvalue weighted by Gasteiger charge is 2.38. The van der Waals surface area contributed by atoms with Crippen LogP contribution in [0.5, 0.6) is 11.5 Å². The zero-order chi connectivity index (χ0) is 24.7. The number of piperidine rings is 1. The van der Waals surface area contributed by atoms with Crippen molar-refractivity contribution in [2.45, 2.75) is 25.2 Å². The molecule has 182 valence electrons. The molecule has 6 nitrogen and oxygen atoms in total. The number of methoxy groups -OCH3 is 1. The maximum absolute atomic E-state index is 13.2. The minimum Gasteiger partial charge on any atom is -0.497 e. The number of benzene rings is 2. The molecule has 3 aromatic rings. The van der Waals surface area contributed by atoms with Crippen LogP contribution in [0.4, 0.5) is 13.2 Å². The number of halogens is 3. The van der Waals surface area contributed by atoms with Crippen molar-refractivity contribution in [1.82, 2.24) is 9.47 Å². The molecular weight excluding hydrogens is 461 g/mol. The molecule has 2 bridgehead atoms. The average molecular weight is 484 g/mol.